The van der Waals surface area contributed by atoms with Crippen molar-refractivity contribution in [3.05, 3.63) is 163 Å². The summed E-state index contributed by atoms with van der Waals surface area (Å²) in [4.78, 5) is 49.4. The zero-order chi connectivity index (χ0) is 98.5. The summed E-state index contributed by atoms with van der Waals surface area (Å²) in [6, 6.07) is 39.7. The van der Waals surface area contributed by atoms with Crippen molar-refractivity contribution < 1.29 is 86.1 Å². The van der Waals surface area contributed by atoms with Crippen LogP contribution < -0.4 is 14.2 Å². The predicted molar refractivity (Wildman–Crippen MR) is 546 cm³/mol. The van der Waals surface area contributed by atoms with Crippen LogP contribution in [0.4, 0.5) is 0 Å². The normalized spacial score (nSPS) is 14.6. The van der Waals surface area contributed by atoms with E-state index in [0.29, 0.717) is 98.0 Å². The van der Waals surface area contributed by atoms with Gasteiger partial charge in [-0.15, -0.1) is 0 Å². The summed E-state index contributed by atoms with van der Waals surface area (Å²) in [5.41, 5.74) is 11.7. The Balaban J connectivity index is 0.000000174. The van der Waals surface area contributed by atoms with Gasteiger partial charge in [0.15, 0.2) is 29.5 Å². The number of aryl methyl sites for hydroxylation is 3. The molecule has 6 aromatic carbocycles. The first-order valence-corrected chi connectivity index (χ1v) is 56.6. The fourth-order valence-corrected chi connectivity index (χ4v) is 25.4. The van der Waals surface area contributed by atoms with Crippen molar-refractivity contribution in [2.45, 2.75) is 223 Å². The molecule has 1 atom stereocenters. The molecule has 0 amide bonds. The number of sulfone groups is 3. The number of H-pyrrole nitrogens is 3. The van der Waals surface area contributed by atoms with Gasteiger partial charge in [0.1, 0.15) is 42.5 Å². The summed E-state index contributed by atoms with van der Waals surface area (Å²) in [6.07, 6.45) is 12.1. The minimum absolute atomic E-state index is 0.0109. The van der Waals surface area contributed by atoms with E-state index in [1.54, 1.807) is 48.7 Å². The first-order chi connectivity index (χ1) is 64.4. The van der Waals surface area contributed by atoms with Crippen molar-refractivity contribution in [2.75, 3.05) is 118 Å². The minimum Gasteiger partial charge on any atom is -0.491 e. The molecule has 740 valence electrons. The quantitative estimate of drug-likeness (QED) is 0.0153. The van der Waals surface area contributed by atoms with Crippen LogP contribution in [0.15, 0.2) is 161 Å². The SMILES string of the molecule is CCN(CC)P(C)OC(C)(C)C.CCN(CCCOc1ccc(-c2cccc(S(=O)(=O)C3CC3)c2)c2c1[nH]c1ncc(C)cc12)CCOP(=O)(O)O.CCN(CCCOc1ccc(-c2cccc(S(=O)(=O)C3CC3)c2)c2c1[nH]c1ncc(C)cc12)CCOP(=O)(OC(C)(C)C)OC(C)(C)C.CCN(CCO)CCCOc1ccc(-c2cccc(S(=O)(=O)C3CC3)c2)c2c1[nH]c1ncc(C)cc12. The maximum atomic E-state index is 13.4. The fraction of sp³-hybridized carbons (Fsp3) is 0.495. The largest absolute Gasteiger partial charge is 0.491 e. The van der Waals surface area contributed by atoms with Crippen LogP contribution in [-0.2, 0) is 61.3 Å². The molecule has 6 aromatic heterocycles. The van der Waals surface area contributed by atoms with Crippen molar-refractivity contribution >= 4 is 119 Å². The lowest BCUT2D eigenvalue weighted by Gasteiger charge is -2.31. The number of fused-ring (bicyclic) bond motifs is 9. The molecule has 0 saturated heterocycles. The van der Waals surface area contributed by atoms with Crippen LogP contribution in [0, 0.1) is 20.8 Å². The second-order valence-electron chi connectivity index (χ2n) is 38.0. The molecule has 0 bridgehead atoms. The van der Waals surface area contributed by atoms with Gasteiger partial charge in [0.05, 0.1) is 103 Å². The second kappa shape index (κ2) is 46.0. The van der Waals surface area contributed by atoms with Crippen LogP contribution in [0.3, 0.4) is 0 Å². The smallest absolute Gasteiger partial charge is 0.475 e. The third-order valence-corrected chi connectivity index (χ3v) is 35.0. The van der Waals surface area contributed by atoms with Gasteiger partial charge in [0.2, 0.25) is 0 Å². The molecule has 0 radical (unpaired) electrons. The van der Waals surface area contributed by atoms with E-state index in [0.717, 1.165) is 199 Å². The standard InChI is InChI=1S/C36H50N3O7PS.C28H34N3O7PS.C28H33N3O4S.C9H22NOP/c1-9-39(19-21-44-47(40,45-35(3,4)5)46-36(6,7)8)18-11-20-43-31-17-16-29(32-30-22-25(2)24-37-34(30)38-33(31)32)26-12-10-13-28(23-26)48(41,42)27-14-15-27;1-3-31(13-15-38-39(32,33)34)12-5-14-37-25-11-10-23(26-24-16-19(2)18-29-28(24)30-27(25)26)20-6-4-7-22(17-20)40(35,36)21-8-9-21;1-3-31(13-14-32)12-5-15-35-25-11-10-23(26-24-16-19(2)18-29-28(24)30-27(25)26)20-6-4-7-22(17-20)36(33,34)21-8-9-21;1-7-10(8-2)12(6)11-9(3,4)5/h10,12-13,16-17,22-24,27H,9,11,14-15,18-21H2,1-8H3,(H,37,38);4,6-7,10-11,16-18,21H,3,5,8-9,12-15H2,1-2H3,(H,29,30)(H2,32,33,34);4,6-7,10-11,16-18,21,32H,3,5,8-9,12-15H2,1-2H3,(H,29,30);7-8H2,1-6H3. The zero-order valence-electron chi connectivity index (χ0n) is 82.0. The summed E-state index contributed by atoms with van der Waals surface area (Å²) in [6.45, 7) is 46.1. The zero-order valence-corrected chi connectivity index (χ0v) is 87.2. The molecule has 6 heterocycles. The number of nitrogens with one attached hydrogen (secondary N) is 3. The highest BCUT2D eigenvalue weighted by atomic mass is 32.2. The van der Waals surface area contributed by atoms with E-state index in [1.807, 2.05) is 153 Å². The number of hydrogen-bond donors (Lipinski definition) is 6. The Kier molecular flexibility index (Phi) is 36.1. The molecular weight excluding hydrogens is 1850 g/mol. The molecule has 1 unspecified atom stereocenters. The third-order valence-electron chi connectivity index (χ3n) is 23.4. The number of phosphoric ester groups is 2. The van der Waals surface area contributed by atoms with Gasteiger partial charge in [0.25, 0.3) is 0 Å². The van der Waals surface area contributed by atoms with Gasteiger partial charge in [-0.25, -0.2) is 49.3 Å². The Morgan fingerprint density at radius 2 is 0.735 bits per heavy atom. The van der Waals surface area contributed by atoms with Gasteiger partial charge in [-0.1, -0.05) is 71.0 Å². The molecule has 3 aliphatic carbocycles. The van der Waals surface area contributed by atoms with E-state index < -0.39 is 64.7 Å². The second-order valence-corrected chi connectivity index (χ2v) is 49.1. The van der Waals surface area contributed by atoms with Crippen LogP contribution in [-0.4, -0.2) is 240 Å². The maximum absolute atomic E-state index is 13.4. The van der Waals surface area contributed by atoms with E-state index in [2.05, 4.69) is 122 Å². The number of pyridine rings is 3. The number of aromatic nitrogens is 6. The predicted octanol–water partition coefficient (Wildman–Crippen LogP) is 21.1. The first kappa shape index (κ1) is 107. The van der Waals surface area contributed by atoms with E-state index >= 15 is 0 Å². The minimum atomic E-state index is -4.47. The Bertz CT molecular complexity index is 6550. The highest BCUT2D eigenvalue weighted by Gasteiger charge is 2.41. The average molecular weight is 1990 g/mol. The van der Waals surface area contributed by atoms with Gasteiger partial charge in [0, 0.05) is 103 Å². The third kappa shape index (κ3) is 28.6. The molecule has 3 aliphatic rings. The molecule has 35 heteroatoms. The topological polar surface area (TPSA) is 370 Å². The van der Waals surface area contributed by atoms with Crippen LogP contribution in [0.5, 0.6) is 17.2 Å². The molecule has 3 fully saturated rings. The molecule has 0 spiro atoms. The van der Waals surface area contributed by atoms with Gasteiger partial charge in [-0.05, 0) is 308 Å². The lowest BCUT2D eigenvalue weighted by Crippen LogP contribution is -2.30. The van der Waals surface area contributed by atoms with E-state index in [9.17, 15) is 39.5 Å². The highest BCUT2D eigenvalue weighted by molar-refractivity contribution is 7.93. The molecule has 15 rings (SSSR count). The van der Waals surface area contributed by atoms with Gasteiger partial charge < -0.3 is 63.3 Å². The van der Waals surface area contributed by atoms with E-state index in [1.165, 1.54) is 0 Å². The van der Waals surface area contributed by atoms with Crippen LogP contribution >= 0.6 is 23.9 Å². The molecule has 29 nitrogen and oxygen atoms in total. The summed E-state index contributed by atoms with van der Waals surface area (Å²) >= 11 is 0. The number of hydrogen-bond acceptors (Lipinski definition) is 24. The first-order valence-electron chi connectivity index (χ1n) is 47.3. The number of nitrogens with zero attached hydrogens (tertiary/aromatic N) is 7. The molecule has 6 N–H and O–H groups in total. The number of aromatic amines is 3. The highest BCUT2D eigenvalue weighted by Crippen LogP contribution is 2.56. The summed E-state index contributed by atoms with van der Waals surface area (Å²) < 4.78 is 151. The van der Waals surface area contributed by atoms with Crippen molar-refractivity contribution in [3.8, 4) is 50.6 Å². The molecule has 136 heavy (non-hydrogen) atoms. The lowest BCUT2D eigenvalue weighted by atomic mass is 9.99. The van der Waals surface area contributed by atoms with Crippen molar-refractivity contribution in [2.24, 2.45) is 0 Å². The van der Waals surface area contributed by atoms with Gasteiger partial charge in [-0.2, -0.15) is 0 Å². The Morgan fingerprint density at radius 3 is 1.01 bits per heavy atom. The number of benzene rings is 6. The summed E-state index contributed by atoms with van der Waals surface area (Å²) in [5, 5.41) is 14.2. The Hall–Kier alpha value is -8.17. The summed E-state index contributed by atoms with van der Waals surface area (Å²) in [7, 11) is -18.6. The molecule has 3 saturated carbocycles. The lowest BCUT2D eigenvalue weighted by molar-refractivity contribution is 0.000983. The fourth-order valence-electron chi connectivity index (χ4n) is 16.4. The number of rotatable bonds is 43. The van der Waals surface area contributed by atoms with E-state index in [4.69, 9.17) is 42.1 Å². The van der Waals surface area contributed by atoms with E-state index in [-0.39, 0.29) is 41.2 Å². The number of phosphoric acid groups is 2. The van der Waals surface area contributed by atoms with Crippen molar-refractivity contribution in [3.63, 3.8) is 0 Å². The maximum Gasteiger partial charge on any atom is 0.475 e. The molecule has 0 aliphatic heterocycles. The van der Waals surface area contributed by atoms with Gasteiger partial charge in [-0.3, -0.25) is 22.8 Å². The van der Waals surface area contributed by atoms with Crippen LogP contribution in [0.2, 0.25) is 0 Å². The van der Waals surface area contributed by atoms with Crippen LogP contribution in [0.25, 0.3) is 99.2 Å². The van der Waals surface area contributed by atoms with Crippen molar-refractivity contribution in [1.29, 1.82) is 0 Å². The van der Waals surface area contributed by atoms with Crippen LogP contribution in [0.1, 0.15) is 171 Å². The molecular formula is C101H139N10O19P3S3. The Labute approximate surface area is 803 Å². The number of aliphatic hydroxyl groups excluding tert-OH is 1. The van der Waals surface area contributed by atoms with Gasteiger partial charge >= 0.3 is 15.6 Å². The average Bonchev–Trinajstić information content (AvgIpc) is 1.60. The molecule has 12 aromatic rings. The number of likely N-dealkylation sites (N-methyl/N-ethyl adjacent to an activating group) is 3. The number of aliphatic hydroxyl groups is 1. The summed E-state index contributed by atoms with van der Waals surface area (Å²) in [5.74, 6) is 2.12. The monoisotopic (exact) mass is 1980 g/mol. The van der Waals surface area contributed by atoms with Crippen molar-refractivity contribution in [1.82, 2.24) is 49.3 Å². The number of ether oxygens (including phenoxy) is 3. The Morgan fingerprint density at radius 1 is 0.419 bits per heavy atom.